The maximum Gasteiger partial charge on any atom is 0.193 e. The molecule has 1 aromatic rings. The van der Waals surface area contributed by atoms with E-state index >= 15 is 0 Å². The van der Waals surface area contributed by atoms with Crippen LogP contribution in [0.4, 0.5) is 5.69 Å². The molecular weight excluding hydrogens is 324 g/mol. The normalized spacial score (nSPS) is 23.0. The number of guanidine groups is 1. The molecule has 5 heteroatoms. The number of anilines is 1. The summed E-state index contributed by atoms with van der Waals surface area (Å²) in [5.74, 6) is 1.07. The summed E-state index contributed by atoms with van der Waals surface area (Å²) < 4.78 is 5.66. The summed E-state index contributed by atoms with van der Waals surface area (Å²) in [6.07, 6.45) is 2.42. The molecule has 26 heavy (non-hydrogen) atoms. The standard InChI is InChI=1S/C21H34N4O/c1-4-22-20(25-12-9-21(16-25)10-14-26-17-21)23-11-13-24(5-2)19-8-6-7-18(3)15-19/h6-8,15H,4-5,9-14,16-17H2,1-3H3,(H,22,23). The van der Waals surface area contributed by atoms with Crippen LogP contribution < -0.4 is 10.2 Å². The highest BCUT2D eigenvalue weighted by atomic mass is 16.5. The molecule has 2 aliphatic heterocycles. The third-order valence-electron chi connectivity index (χ3n) is 5.64. The Morgan fingerprint density at radius 2 is 2.23 bits per heavy atom. The van der Waals surface area contributed by atoms with E-state index in [1.807, 2.05) is 0 Å². The third kappa shape index (κ3) is 4.50. The van der Waals surface area contributed by atoms with Crippen LogP contribution in [-0.2, 0) is 4.74 Å². The number of likely N-dealkylation sites (N-methyl/N-ethyl adjacent to an activating group) is 1. The summed E-state index contributed by atoms with van der Waals surface area (Å²) in [6.45, 7) is 14.2. The van der Waals surface area contributed by atoms with Crippen LogP contribution in [0.5, 0.6) is 0 Å². The molecule has 1 atom stereocenters. The van der Waals surface area contributed by atoms with Crippen LogP contribution in [0.15, 0.2) is 29.3 Å². The molecule has 2 aliphatic rings. The molecular formula is C21H34N4O. The van der Waals surface area contributed by atoms with Crippen molar-refractivity contribution in [3.05, 3.63) is 29.8 Å². The molecule has 1 unspecified atom stereocenters. The van der Waals surface area contributed by atoms with Crippen molar-refractivity contribution in [1.29, 1.82) is 0 Å². The first kappa shape index (κ1) is 19.0. The molecule has 5 nitrogen and oxygen atoms in total. The number of hydrogen-bond donors (Lipinski definition) is 1. The van der Waals surface area contributed by atoms with E-state index in [0.717, 1.165) is 58.4 Å². The fraction of sp³-hybridized carbons (Fsp3) is 0.667. The Morgan fingerprint density at radius 3 is 2.92 bits per heavy atom. The van der Waals surface area contributed by atoms with Gasteiger partial charge in [0, 0.05) is 50.4 Å². The number of likely N-dealkylation sites (tertiary alicyclic amines) is 1. The van der Waals surface area contributed by atoms with Crippen molar-refractivity contribution >= 4 is 11.6 Å². The molecule has 2 fully saturated rings. The van der Waals surface area contributed by atoms with E-state index in [1.165, 1.54) is 24.1 Å². The Labute approximate surface area is 158 Å². The zero-order valence-electron chi connectivity index (χ0n) is 16.6. The average Bonchev–Trinajstić information content (AvgIpc) is 3.28. The van der Waals surface area contributed by atoms with E-state index in [1.54, 1.807) is 0 Å². The van der Waals surface area contributed by atoms with Crippen molar-refractivity contribution in [2.45, 2.75) is 33.6 Å². The van der Waals surface area contributed by atoms with Crippen molar-refractivity contribution in [2.24, 2.45) is 10.4 Å². The predicted octanol–water partition coefficient (Wildman–Crippen LogP) is 2.90. The van der Waals surface area contributed by atoms with Crippen LogP contribution >= 0.6 is 0 Å². The van der Waals surface area contributed by atoms with E-state index in [9.17, 15) is 0 Å². The Kier molecular flexibility index (Phi) is 6.41. The predicted molar refractivity (Wildman–Crippen MR) is 109 cm³/mol. The fourth-order valence-electron chi connectivity index (χ4n) is 4.08. The first-order valence-electron chi connectivity index (χ1n) is 10.1. The highest BCUT2D eigenvalue weighted by molar-refractivity contribution is 5.80. The van der Waals surface area contributed by atoms with Gasteiger partial charge in [-0.05, 0) is 51.3 Å². The number of hydrogen-bond acceptors (Lipinski definition) is 3. The fourth-order valence-corrected chi connectivity index (χ4v) is 4.08. The van der Waals surface area contributed by atoms with Gasteiger partial charge in [0.15, 0.2) is 5.96 Å². The highest BCUT2D eigenvalue weighted by Crippen LogP contribution is 2.38. The minimum Gasteiger partial charge on any atom is -0.381 e. The first-order valence-corrected chi connectivity index (χ1v) is 10.1. The van der Waals surface area contributed by atoms with Crippen LogP contribution in [0.1, 0.15) is 32.3 Å². The second kappa shape index (κ2) is 8.76. The third-order valence-corrected chi connectivity index (χ3v) is 5.64. The molecule has 1 spiro atoms. The zero-order chi connectivity index (χ0) is 18.4. The minimum atomic E-state index is 0.368. The number of aliphatic imine (C=N–C) groups is 1. The summed E-state index contributed by atoms with van der Waals surface area (Å²) >= 11 is 0. The van der Waals surface area contributed by atoms with Crippen LogP contribution in [0.3, 0.4) is 0 Å². The lowest BCUT2D eigenvalue weighted by molar-refractivity contribution is 0.156. The smallest absolute Gasteiger partial charge is 0.193 e. The monoisotopic (exact) mass is 358 g/mol. The van der Waals surface area contributed by atoms with Crippen LogP contribution in [0.2, 0.25) is 0 Å². The summed E-state index contributed by atoms with van der Waals surface area (Å²) in [7, 11) is 0. The second-order valence-corrected chi connectivity index (χ2v) is 7.63. The van der Waals surface area contributed by atoms with Crippen LogP contribution in [-0.4, -0.2) is 63.3 Å². The molecule has 144 valence electrons. The van der Waals surface area contributed by atoms with Gasteiger partial charge >= 0.3 is 0 Å². The molecule has 1 aromatic carbocycles. The molecule has 1 N–H and O–H groups in total. The van der Waals surface area contributed by atoms with Gasteiger partial charge < -0.3 is 19.9 Å². The quantitative estimate of drug-likeness (QED) is 0.627. The summed E-state index contributed by atoms with van der Waals surface area (Å²) in [5, 5.41) is 3.49. The maximum atomic E-state index is 5.66. The summed E-state index contributed by atoms with van der Waals surface area (Å²) in [4.78, 5) is 9.77. The van der Waals surface area contributed by atoms with Gasteiger partial charge in [0.05, 0.1) is 13.2 Å². The van der Waals surface area contributed by atoms with Gasteiger partial charge in [-0.1, -0.05) is 12.1 Å². The highest BCUT2D eigenvalue weighted by Gasteiger charge is 2.42. The zero-order valence-corrected chi connectivity index (χ0v) is 16.6. The second-order valence-electron chi connectivity index (χ2n) is 7.63. The molecule has 0 radical (unpaired) electrons. The summed E-state index contributed by atoms with van der Waals surface area (Å²) in [5.41, 5.74) is 2.96. The van der Waals surface area contributed by atoms with Gasteiger partial charge in [-0.3, -0.25) is 4.99 Å². The van der Waals surface area contributed by atoms with Gasteiger partial charge in [0.25, 0.3) is 0 Å². The molecule has 2 saturated heterocycles. The summed E-state index contributed by atoms with van der Waals surface area (Å²) in [6, 6.07) is 8.72. The molecule has 0 aliphatic carbocycles. The lowest BCUT2D eigenvalue weighted by Gasteiger charge is -2.26. The van der Waals surface area contributed by atoms with Crippen molar-refractivity contribution in [1.82, 2.24) is 10.2 Å². The average molecular weight is 359 g/mol. The molecule has 0 saturated carbocycles. The lowest BCUT2D eigenvalue weighted by Crippen LogP contribution is -2.42. The SMILES string of the molecule is CCNC(=NCCN(CC)c1cccc(C)c1)N1CCC2(CCOC2)C1. The topological polar surface area (TPSA) is 40.1 Å². The largest absolute Gasteiger partial charge is 0.381 e. The minimum absolute atomic E-state index is 0.368. The van der Waals surface area contributed by atoms with E-state index in [4.69, 9.17) is 9.73 Å². The molecule has 2 heterocycles. The van der Waals surface area contributed by atoms with Crippen LogP contribution in [0, 0.1) is 12.3 Å². The van der Waals surface area contributed by atoms with Crippen LogP contribution in [0.25, 0.3) is 0 Å². The van der Waals surface area contributed by atoms with Gasteiger partial charge in [0.1, 0.15) is 0 Å². The first-order chi connectivity index (χ1) is 12.7. The maximum absolute atomic E-state index is 5.66. The number of nitrogens with zero attached hydrogens (tertiary/aromatic N) is 3. The molecule has 3 rings (SSSR count). The van der Waals surface area contributed by atoms with Crippen molar-refractivity contribution < 1.29 is 4.74 Å². The van der Waals surface area contributed by atoms with Crippen molar-refractivity contribution in [3.8, 4) is 0 Å². The van der Waals surface area contributed by atoms with E-state index in [-0.39, 0.29) is 0 Å². The van der Waals surface area contributed by atoms with Crippen molar-refractivity contribution in [2.75, 3.05) is 57.4 Å². The Morgan fingerprint density at radius 1 is 1.35 bits per heavy atom. The van der Waals surface area contributed by atoms with Crippen molar-refractivity contribution in [3.63, 3.8) is 0 Å². The van der Waals surface area contributed by atoms with Gasteiger partial charge in [-0.2, -0.15) is 0 Å². The number of rotatable bonds is 6. The van der Waals surface area contributed by atoms with E-state index < -0.39 is 0 Å². The number of benzene rings is 1. The van der Waals surface area contributed by atoms with Gasteiger partial charge in [0.2, 0.25) is 0 Å². The number of ether oxygens (including phenoxy) is 1. The Hall–Kier alpha value is -1.75. The Balaban J connectivity index is 1.60. The lowest BCUT2D eigenvalue weighted by atomic mass is 9.87. The Bertz CT molecular complexity index is 610. The van der Waals surface area contributed by atoms with E-state index in [2.05, 4.69) is 60.2 Å². The van der Waals surface area contributed by atoms with Gasteiger partial charge in [-0.15, -0.1) is 0 Å². The molecule has 0 amide bonds. The molecule has 0 bridgehead atoms. The molecule has 0 aromatic heterocycles. The number of nitrogens with one attached hydrogen (secondary N) is 1. The van der Waals surface area contributed by atoms with E-state index in [0.29, 0.717) is 5.41 Å². The van der Waals surface area contributed by atoms with Gasteiger partial charge in [-0.25, -0.2) is 0 Å². The number of aryl methyl sites for hydroxylation is 1.